The lowest BCUT2D eigenvalue weighted by atomic mass is 10.2. The van der Waals surface area contributed by atoms with Gasteiger partial charge in [0.05, 0.1) is 4.47 Å². The standard InChI is InChI=1S/C13H18BrFN2/c1-9(2)16-10-5-6-17(8-10)11-3-4-12(14)13(15)7-11/h3-4,7,9-10,16H,5-6,8H2,1-2H3. The zero-order chi connectivity index (χ0) is 12.4. The van der Waals surface area contributed by atoms with Crippen LogP contribution in [0.15, 0.2) is 22.7 Å². The third-order valence-electron chi connectivity index (χ3n) is 3.03. The fraction of sp³-hybridized carbons (Fsp3) is 0.538. The Hall–Kier alpha value is -0.610. The lowest BCUT2D eigenvalue weighted by molar-refractivity contribution is 0.492. The van der Waals surface area contributed by atoms with E-state index in [1.165, 1.54) is 0 Å². The van der Waals surface area contributed by atoms with Gasteiger partial charge in [-0.3, -0.25) is 0 Å². The zero-order valence-corrected chi connectivity index (χ0v) is 11.8. The molecule has 1 atom stereocenters. The molecule has 1 aromatic carbocycles. The summed E-state index contributed by atoms with van der Waals surface area (Å²) < 4.78 is 14.0. The molecule has 1 aliphatic heterocycles. The Morgan fingerprint density at radius 2 is 2.24 bits per heavy atom. The number of rotatable bonds is 3. The van der Waals surface area contributed by atoms with E-state index in [2.05, 4.69) is 40.0 Å². The zero-order valence-electron chi connectivity index (χ0n) is 10.2. The fourth-order valence-electron chi connectivity index (χ4n) is 2.28. The van der Waals surface area contributed by atoms with Crippen molar-refractivity contribution in [3.8, 4) is 0 Å². The summed E-state index contributed by atoms with van der Waals surface area (Å²) in [5, 5.41) is 3.52. The van der Waals surface area contributed by atoms with Crippen LogP contribution in [0, 0.1) is 5.82 Å². The van der Waals surface area contributed by atoms with Crippen LogP contribution in [-0.2, 0) is 0 Å². The lowest BCUT2D eigenvalue weighted by Crippen LogP contribution is -2.37. The highest BCUT2D eigenvalue weighted by Gasteiger charge is 2.23. The smallest absolute Gasteiger partial charge is 0.139 e. The second kappa shape index (κ2) is 5.36. The molecule has 1 aliphatic rings. The van der Waals surface area contributed by atoms with Gasteiger partial charge in [0.2, 0.25) is 0 Å². The predicted molar refractivity (Wildman–Crippen MR) is 73.0 cm³/mol. The summed E-state index contributed by atoms with van der Waals surface area (Å²) in [6.07, 6.45) is 1.12. The van der Waals surface area contributed by atoms with Crippen molar-refractivity contribution in [1.82, 2.24) is 5.32 Å². The maximum Gasteiger partial charge on any atom is 0.139 e. The average molecular weight is 301 g/mol. The number of nitrogens with zero attached hydrogens (tertiary/aromatic N) is 1. The third-order valence-corrected chi connectivity index (χ3v) is 3.67. The molecule has 94 valence electrons. The van der Waals surface area contributed by atoms with E-state index < -0.39 is 0 Å². The van der Waals surface area contributed by atoms with E-state index in [-0.39, 0.29) is 5.82 Å². The van der Waals surface area contributed by atoms with Crippen molar-refractivity contribution in [2.45, 2.75) is 32.4 Å². The summed E-state index contributed by atoms with van der Waals surface area (Å²) in [6, 6.07) is 6.35. The van der Waals surface area contributed by atoms with Gasteiger partial charge < -0.3 is 10.2 Å². The topological polar surface area (TPSA) is 15.3 Å². The molecule has 0 aliphatic carbocycles. The van der Waals surface area contributed by atoms with Crippen molar-refractivity contribution in [3.05, 3.63) is 28.5 Å². The highest BCUT2D eigenvalue weighted by Crippen LogP contribution is 2.25. The van der Waals surface area contributed by atoms with Gasteiger partial charge in [0.15, 0.2) is 0 Å². The van der Waals surface area contributed by atoms with Crippen LogP contribution in [0.3, 0.4) is 0 Å². The Kier molecular flexibility index (Phi) is 4.05. The maximum atomic E-state index is 13.5. The molecule has 1 fully saturated rings. The molecule has 0 aromatic heterocycles. The Balaban J connectivity index is 2.02. The molecular formula is C13H18BrFN2. The minimum absolute atomic E-state index is 0.192. The molecule has 1 saturated heterocycles. The van der Waals surface area contributed by atoms with E-state index in [0.717, 1.165) is 25.2 Å². The second-order valence-electron chi connectivity index (χ2n) is 4.85. The van der Waals surface area contributed by atoms with Crippen molar-refractivity contribution >= 4 is 21.6 Å². The SMILES string of the molecule is CC(C)NC1CCN(c2ccc(Br)c(F)c2)C1. The van der Waals surface area contributed by atoms with Gasteiger partial charge in [-0.1, -0.05) is 13.8 Å². The van der Waals surface area contributed by atoms with Crippen molar-refractivity contribution in [3.63, 3.8) is 0 Å². The molecule has 1 heterocycles. The number of benzene rings is 1. The molecule has 0 radical (unpaired) electrons. The van der Waals surface area contributed by atoms with Gasteiger partial charge in [0.25, 0.3) is 0 Å². The molecule has 1 N–H and O–H groups in total. The van der Waals surface area contributed by atoms with Gasteiger partial charge in [-0.15, -0.1) is 0 Å². The Morgan fingerprint density at radius 1 is 1.47 bits per heavy atom. The molecule has 0 bridgehead atoms. The Bertz CT molecular complexity index is 395. The molecule has 0 amide bonds. The van der Waals surface area contributed by atoms with E-state index in [0.29, 0.717) is 16.6 Å². The highest BCUT2D eigenvalue weighted by atomic mass is 79.9. The predicted octanol–water partition coefficient (Wildman–Crippen LogP) is 3.16. The van der Waals surface area contributed by atoms with Crippen LogP contribution >= 0.6 is 15.9 Å². The second-order valence-corrected chi connectivity index (χ2v) is 5.71. The average Bonchev–Trinajstić information content (AvgIpc) is 2.69. The summed E-state index contributed by atoms with van der Waals surface area (Å²) in [7, 11) is 0. The molecule has 0 spiro atoms. The van der Waals surface area contributed by atoms with Crippen LogP contribution in [0.25, 0.3) is 0 Å². The summed E-state index contributed by atoms with van der Waals surface area (Å²) in [5.41, 5.74) is 0.971. The van der Waals surface area contributed by atoms with Gasteiger partial charge in [-0.2, -0.15) is 0 Å². The van der Waals surface area contributed by atoms with Gasteiger partial charge in [0, 0.05) is 30.9 Å². The molecule has 1 aromatic rings. The van der Waals surface area contributed by atoms with Gasteiger partial charge >= 0.3 is 0 Å². The number of hydrogen-bond donors (Lipinski definition) is 1. The van der Waals surface area contributed by atoms with Crippen LogP contribution < -0.4 is 10.2 Å². The number of nitrogens with one attached hydrogen (secondary N) is 1. The quantitative estimate of drug-likeness (QED) is 0.922. The fourth-order valence-corrected chi connectivity index (χ4v) is 2.53. The lowest BCUT2D eigenvalue weighted by Gasteiger charge is -2.20. The van der Waals surface area contributed by atoms with Crippen molar-refractivity contribution in [1.29, 1.82) is 0 Å². The first-order valence-electron chi connectivity index (χ1n) is 6.02. The van der Waals surface area contributed by atoms with Crippen LogP contribution in [0.1, 0.15) is 20.3 Å². The number of hydrogen-bond acceptors (Lipinski definition) is 2. The number of halogens is 2. The molecule has 2 nitrogen and oxygen atoms in total. The summed E-state index contributed by atoms with van der Waals surface area (Å²) in [4.78, 5) is 2.23. The normalized spacial score (nSPS) is 20.3. The highest BCUT2D eigenvalue weighted by molar-refractivity contribution is 9.10. The Labute approximate surface area is 110 Å². The summed E-state index contributed by atoms with van der Waals surface area (Å²) in [5.74, 6) is -0.192. The first-order chi connectivity index (χ1) is 8.06. The largest absolute Gasteiger partial charge is 0.370 e. The van der Waals surface area contributed by atoms with Crippen LogP contribution in [0.5, 0.6) is 0 Å². The minimum atomic E-state index is -0.192. The molecular weight excluding hydrogens is 283 g/mol. The first-order valence-corrected chi connectivity index (χ1v) is 6.81. The Morgan fingerprint density at radius 3 is 2.88 bits per heavy atom. The van der Waals surface area contributed by atoms with Gasteiger partial charge in [-0.25, -0.2) is 4.39 Å². The summed E-state index contributed by atoms with van der Waals surface area (Å²) >= 11 is 3.18. The van der Waals surface area contributed by atoms with Crippen molar-refractivity contribution in [2.24, 2.45) is 0 Å². The van der Waals surface area contributed by atoms with Crippen LogP contribution in [-0.4, -0.2) is 25.2 Å². The van der Waals surface area contributed by atoms with E-state index in [4.69, 9.17) is 0 Å². The monoisotopic (exact) mass is 300 g/mol. The molecule has 17 heavy (non-hydrogen) atoms. The van der Waals surface area contributed by atoms with Gasteiger partial charge in [0.1, 0.15) is 5.82 Å². The molecule has 0 saturated carbocycles. The number of anilines is 1. The van der Waals surface area contributed by atoms with E-state index in [1.807, 2.05) is 6.07 Å². The van der Waals surface area contributed by atoms with E-state index >= 15 is 0 Å². The molecule has 4 heteroatoms. The molecule has 1 unspecified atom stereocenters. The van der Waals surface area contributed by atoms with Gasteiger partial charge in [-0.05, 0) is 40.5 Å². The molecule has 2 rings (SSSR count). The van der Waals surface area contributed by atoms with Crippen LogP contribution in [0.2, 0.25) is 0 Å². The maximum absolute atomic E-state index is 13.5. The van der Waals surface area contributed by atoms with Crippen molar-refractivity contribution in [2.75, 3.05) is 18.0 Å². The first kappa shape index (κ1) is 12.8. The minimum Gasteiger partial charge on any atom is -0.370 e. The van der Waals surface area contributed by atoms with Crippen molar-refractivity contribution < 1.29 is 4.39 Å². The van der Waals surface area contributed by atoms with E-state index in [9.17, 15) is 4.39 Å². The van der Waals surface area contributed by atoms with Crippen LogP contribution in [0.4, 0.5) is 10.1 Å². The van der Waals surface area contributed by atoms with E-state index in [1.54, 1.807) is 12.1 Å². The summed E-state index contributed by atoms with van der Waals surface area (Å²) in [6.45, 7) is 6.26. The third kappa shape index (κ3) is 3.19.